The van der Waals surface area contributed by atoms with E-state index in [4.69, 9.17) is 4.42 Å². The molecule has 4 rings (SSSR count). The summed E-state index contributed by atoms with van der Waals surface area (Å²) in [4.78, 5) is 23.2. The van der Waals surface area contributed by atoms with Gasteiger partial charge in [0.15, 0.2) is 10.9 Å². The zero-order valence-corrected chi connectivity index (χ0v) is 17.9. The minimum absolute atomic E-state index is 0.0891. The van der Waals surface area contributed by atoms with Crippen LogP contribution in [0.4, 0.5) is 11.4 Å². The largest absolute Gasteiger partial charge is 0.461 e. The minimum Gasteiger partial charge on any atom is -0.461 e. The van der Waals surface area contributed by atoms with Crippen molar-refractivity contribution < 1.29 is 14.1 Å². The van der Waals surface area contributed by atoms with E-state index in [1.54, 1.807) is 31.4 Å². The Labute approximate surface area is 187 Å². The van der Waals surface area contributed by atoms with Gasteiger partial charge in [-0.3, -0.25) is 19.5 Å². The van der Waals surface area contributed by atoms with E-state index >= 15 is 0 Å². The number of carbonyl (C=O) groups is 1. The van der Waals surface area contributed by atoms with Crippen LogP contribution in [-0.2, 0) is 11.3 Å². The van der Waals surface area contributed by atoms with E-state index in [1.165, 1.54) is 30.0 Å². The van der Waals surface area contributed by atoms with E-state index in [1.807, 2.05) is 34.9 Å². The number of anilines is 1. The van der Waals surface area contributed by atoms with Gasteiger partial charge in [0.1, 0.15) is 0 Å². The summed E-state index contributed by atoms with van der Waals surface area (Å²) in [6.45, 7) is 2.25. The standard InChI is InChI=1S/C22H19N5O4S/c1-15(21(28)23-17-9-5-10-18(13-17)27(29)30)32-22-25-24-20(19-11-6-12-31-19)26(22)14-16-7-3-2-4-8-16/h2-13,15H,14H2,1H3,(H,23,28). The average molecular weight is 449 g/mol. The van der Waals surface area contributed by atoms with Gasteiger partial charge in [0.2, 0.25) is 11.7 Å². The number of nitrogens with one attached hydrogen (secondary N) is 1. The molecule has 162 valence electrons. The third-order valence-electron chi connectivity index (χ3n) is 4.62. The maximum Gasteiger partial charge on any atom is 0.271 e. The number of hydrogen-bond donors (Lipinski definition) is 1. The Balaban J connectivity index is 1.54. The van der Waals surface area contributed by atoms with Crippen molar-refractivity contribution in [3.05, 3.63) is 88.7 Å². The lowest BCUT2D eigenvalue weighted by Crippen LogP contribution is -2.23. The molecular formula is C22H19N5O4S. The molecule has 0 aliphatic carbocycles. The van der Waals surface area contributed by atoms with Crippen molar-refractivity contribution in [3.8, 4) is 11.6 Å². The number of furan rings is 1. The van der Waals surface area contributed by atoms with E-state index in [0.29, 0.717) is 29.0 Å². The van der Waals surface area contributed by atoms with Gasteiger partial charge < -0.3 is 9.73 Å². The molecule has 10 heteroatoms. The summed E-state index contributed by atoms with van der Waals surface area (Å²) < 4.78 is 7.41. The molecule has 0 saturated heterocycles. The molecular weight excluding hydrogens is 430 g/mol. The molecule has 4 aromatic rings. The number of nitro benzene ring substituents is 1. The van der Waals surface area contributed by atoms with Crippen molar-refractivity contribution in [1.82, 2.24) is 14.8 Å². The number of nitro groups is 1. The number of nitrogens with zero attached hydrogens (tertiary/aromatic N) is 4. The normalized spacial score (nSPS) is 11.8. The second kappa shape index (κ2) is 9.48. The van der Waals surface area contributed by atoms with Crippen molar-refractivity contribution in [3.63, 3.8) is 0 Å². The van der Waals surface area contributed by atoms with Gasteiger partial charge in [-0.1, -0.05) is 48.2 Å². The first-order chi connectivity index (χ1) is 15.5. The highest BCUT2D eigenvalue weighted by molar-refractivity contribution is 8.00. The molecule has 0 aliphatic rings. The van der Waals surface area contributed by atoms with Crippen LogP contribution in [-0.4, -0.2) is 30.8 Å². The Morgan fingerprint density at radius 1 is 1.16 bits per heavy atom. The summed E-state index contributed by atoms with van der Waals surface area (Å²) in [5.41, 5.74) is 1.32. The maximum atomic E-state index is 12.7. The van der Waals surface area contributed by atoms with E-state index in [9.17, 15) is 14.9 Å². The van der Waals surface area contributed by atoms with Crippen molar-refractivity contribution in [2.75, 3.05) is 5.32 Å². The van der Waals surface area contributed by atoms with E-state index < -0.39 is 10.2 Å². The molecule has 2 aromatic carbocycles. The van der Waals surface area contributed by atoms with Gasteiger partial charge in [-0.25, -0.2) is 0 Å². The first kappa shape index (κ1) is 21.3. The molecule has 0 aliphatic heterocycles. The van der Waals surface area contributed by atoms with Crippen molar-refractivity contribution >= 4 is 29.0 Å². The fraction of sp³-hybridized carbons (Fsp3) is 0.136. The number of rotatable bonds is 8. The van der Waals surface area contributed by atoms with Gasteiger partial charge in [0.25, 0.3) is 5.69 Å². The number of thioether (sulfide) groups is 1. The molecule has 9 nitrogen and oxygen atoms in total. The molecule has 1 unspecified atom stereocenters. The number of benzene rings is 2. The molecule has 0 saturated carbocycles. The Morgan fingerprint density at radius 3 is 2.69 bits per heavy atom. The van der Waals surface area contributed by atoms with Crippen molar-refractivity contribution in [2.24, 2.45) is 0 Å². The Bertz CT molecular complexity index is 1220. The highest BCUT2D eigenvalue weighted by atomic mass is 32.2. The van der Waals surface area contributed by atoms with Gasteiger partial charge in [-0.15, -0.1) is 10.2 Å². The summed E-state index contributed by atoms with van der Waals surface area (Å²) in [5.74, 6) is 0.839. The van der Waals surface area contributed by atoms with Crippen molar-refractivity contribution in [1.29, 1.82) is 0 Å². The summed E-state index contributed by atoms with van der Waals surface area (Å²) >= 11 is 1.25. The predicted molar refractivity (Wildman–Crippen MR) is 120 cm³/mol. The highest BCUT2D eigenvalue weighted by Crippen LogP contribution is 2.29. The monoisotopic (exact) mass is 449 g/mol. The fourth-order valence-electron chi connectivity index (χ4n) is 3.03. The number of amides is 1. The maximum absolute atomic E-state index is 12.7. The van der Waals surface area contributed by atoms with Crippen LogP contribution < -0.4 is 5.32 Å². The zero-order chi connectivity index (χ0) is 22.5. The minimum atomic E-state index is -0.530. The summed E-state index contributed by atoms with van der Waals surface area (Å²) in [6.07, 6.45) is 1.57. The zero-order valence-electron chi connectivity index (χ0n) is 17.0. The number of carbonyl (C=O) groups excluding carboxylic acids is 1. The molecule has 32 heavy (non-hydrogen) atoms. The summed E-state index contributed by atoms with van der Waals surface area (Å²) in [5, 5.41) is 22.3. The number of aromatic nitrogens is 3. The second-order valence-electron chi connectivity index (χ2n) is 6.91. The van der Waals surface area contributed by atoms with Crippen LogP contribution in [0.3, 0.4) is 0 Å². The smallest absolute Gasteiger partial charge is 0.271 e. The Kier molecular flexibility index (Phi) is 6.31. The topological polar surface area (TPSA) is 116 Å². The lowest BCUT2D eigenvalue weighted by atomic mass is 10.2. The highest BCUT2D eigenvalue weighted by Gasteiger charge is 2.22. The van der Waals surface area contributed by atoms with E-state index in [-0.39, 0.29) is 11.6 Å². The number of non-ortho nitro benzene ring substituents is 1. The summed E-state index contributed by atoms with van der Waals surface area (Å²) in [6, 6.07) is 19.3. The van der Waals surface area contributed by atoms with Crippen LogP contribution in [0, 0.1) is 10.1 Å². The van der Waals surface area contributed by atoms with Crippen LogP contribution >= 0.6 is 11.8 Å². The van der Waals surface area contributed by atoms with Gasteiger partial charge in [-0.2, -0.15) is 0 Å². The van der Waals surface area contributed by atoms with Gasteiger partial charge in [0, 0.05) is 17.8 Å². The number of hydrogen-bond acceptors (Lipinski definition) is 7. The van der Waals surface area contributed by atoms with Gasteiger partial charge >= 0.3 is 0 Å². The SMILES string of the molecule is CC(Sc1nnc(-c2ccco2)n1Cc1ccccc1)C(=O)Nc1cccc([N+](=O)[O-])c1. The van der Waals surface area contributed by atoms with Gasteiger partial charge in [-0.05, 0) is 30.7 Å². The van der Waals surface area contributed by atoms with E-state index in [2.05, 4.69) is 15.5 Å². The third kappa shape index (κ3) is 4.86. The quantitative estimate of drug-likeness (QED) is 0.237. The average Bonchev–Trinajstić information content (AvgIpc) is 3.45. The molecule has 0 spiro atoms. The molecule has 1 atom stereocenters. The van der Waals surface area contributed by atoms with Crippen LogP contribution in [0.1, 0.15) is 12.5 Å². The fourth-order valence-corrected chi connectivity index (χ4v) is 3.87. The Hall–Kier alpha value is -3.92. The van der Waals surface area contributed by atoms with Crippen LogP contribution in [0.15, 0.2) is 82.6 Å². The lowest BCUT2D eigenvalue weighted by Gasteiger charge is -2.13. The van der Waals surface area contributed by atoms with Crippen LogP contribution in [0.2, 0.25) is 0 Å². The third-order valence-corrected chi connectivity index (χ3v) is 5.70. The van der Waals surface area contributed by atoms with Gasteiger partial charge in [0.05, 0.1) is 23.0 Å². The second-order valence-corrected chi connectivity index (χ2v) is 8.22. The first-order valence-electron chi connectivity index (χ1n) is 9.74. The predicted octanol–water partition coefficient (Wildman–Crippen LogP) is 4.61. The van der Waals surface area contributed by atoms with Crippen LogP contribution in [0.25, 0.3) is 11.6 Å². The molecule has 0 bridgehead atoms. The lowest BCUT2D eigenvalue weighted by molar-refractivity contribution is -0.384. The molecule has 0 fully saturated rings. The Morgan fingerprint density at radius 2 is 1.97 bits per heavy atom. The van der Waals surface area contributed by atoms with Crippen LogP contribution in [0.5, 0.6) is 0 Å². The first-order valence-corrected chi connectivity index (χ1v) is 10.6. The molecule has 1 amide bonds. The summed E-state index contributed by atoms with van der Waals surface area (Å²) in [7, 11) is 0. The van der Waals surface area contributed by atoms with E-state index in [0.717, 1.165) is 5.56 Å². The van der Waals surface area contributed by atoms with Crippen molar-refractivity contribution in [2.45, 2.75) is 23.9 Å². The molecule has 2 aromatic heterocycles. The molecule has 2 heterocycles. The molecule has 0 radical (unpaired) electrons. The molecule has 1 N–H and O–H groups in total.